The number of aromatic hydroxyl groups is 1. The second-order valence-electron chi connectivity index (χ2n) is 3.88. The van der Waals surface area contributed by atoms with Crippen molar-refractivity contribution in [1.29, 1.82) is 0 Å². The van der Waals surface area contributed by atoms with E-state index in [1.807, 2.05) is 6.26 Å². The van der Waals surface area contributed by atoms with E-state index in [0.29, 0.717) is 12.1 Å². The second kappa shape index (κ2) is 6.51. The Morgan fingerprint density at radius 3 is 2.88 bits per heavy atom. The molecule has 0 saturated heterocycles. The molecular formula is C12H18N2O2S. The average molecular weight is 254 g/mol. The Kier molecular flexibility index (Phi) is 5.31. The molecule has 0 radical (unpaired) electrons. The van der Waals surface area contributed by atoms with Gasteiger partial charge in [-0.3, -0.25) is 4.79 Å². The number of benzene rings is 1. The Bertz CT molecular complexity index is 396. The Morgan fingerprint density at radius 1 is 1.59 bits per heavy atom. The molecule has 0 unspecified atom stereocenters. The minimum Gasteiger partial charge on any atom is -0.508 e. The summed E-state index contributed by atoms with van der Waals surface area (Å²) in [6, 6.07) is 4.51. The third-order valence-electron chi connectivity index (χ3n) is 2.45. The lowest BCUT2D eigenvalue weighted by Crippen LogP contribution is -2.36. The van der Waals surface area contributed by atoms with Crippen molar-refractivity contribution < 1.29 is 9.90 Å². The maximum absolute atomic E-state index is 11.7. The Hall–Kier alpha value is -1.20. The van der Waals surface area contributed by atoms with Crippen molar-refractivity contribution in [2.24, 2.45) is 5.73 Å². The van der Waals surface area contributed by atoms with Crippen molar-refractivity contribution in [2.45, 2.75) is 19.4 Å². The summed E-state index contributed by atoms with van der Waals surface area (Å²) in [5.74, 6) is 0.802. The molecule has 0 aliphatic rings. The summed E-state index contributed by atoms with van der Waals surface area (Å²) < 4.78 is 0. The monoisotopic (exact) mass is 254 g/mol. The molecule has 17 heavy (non-hydrogen) atoms. The number of aryl methyl sites for hydroxylation is 1. The largest absolute Gasteiger partial charge is 0.508 e. The normalized spacial score (nSPS) is 12.2. The van der Waals surface area contributed by atoms with Crippen molar-refractivity contribution in [3.63, 3.8) is 0 Å². The molecule has 1 atom stereocenters. The van der Waals surface area contributed by atoms with Gasteiger partial charge in [0.2, 0.25) is 5.91 Å². The number of amides is 1. The van der Waals surface area contributed by atoms with Crippen LogP contribution < -0.4 is 11.1 Å². The van der Waals surface area contributed by atoms with Gasteiger partial charge in [0.05, 0.1) is 6.04 Å². The highest BCUT2D eigenvalue weighted by molar-refractivity contribution is 7.98. The molecule has 1 amide bonds. The molecule has 1 aromatic rings. The van der Waals surface area contributed by atoms with Crippen LogP contribution in [-0.4, -0.2) is 29.1 Å². The number of hydrogen-bond acceptors (Lipinski definition) is 4. The van der Waals surface area contributed by atoms with E-state index in [2.05, 4.69) is 5.32 Å². The van der Waals surface area contributed by atoms with Gasteiger partial charge >= 0.3 is 0 Å². The van der Waals surface area contributed by atoms with Crippen LogP contribution >= 0.6 is 11.8 Å². The van der Waals surface area contributed by atoms with E-state index in [-0.39, 0.29) is 11.7 Å². The smallest absolute Gasteiger partial charge is 0.241 e. The van der Waals surface area contributed by atoms with Crippen molar-refractivity contribution in [3.05, 3.63) is 23.8 Å². The number of thioether (sulfide) groups is 1. The fourth-order valence-corrected chi connectivity index (χ4v) is 1.79. The summed E-state index contributed by atoms with van der Waals surface area (Å²) in [6.07, 6.45) is 2.62. The molecule has 4 N–H and O–H groups in total. The van der Waals surface area contributed by atoms with E-state index in [0.717, 1.165) is 11.3 Å². The zero-order valence-electron chi connectivity index (χ0n) is 10.1. The Balaban J connectivity index is 2.58. The first-order valence-corrected chi connectivity index (χ1v) is 6.79. The van der Waals surface area contributed by atoms with Crippen molar-refractivity contribution in [3.8, 4) is 5.75 Å². The maximum Gasteiger partial charge on any atom is 0.241 e. The molecular weight excluding hydrogens is 236 g/mol. The van der Waals surface area contributed by atoms with Gasteiger partial charge in [0.25, 0.3) is 0 Å². The average Bonchev–Trinajstić information content (AvgIpc) is 2.30. The summed E-state index contributed by atoms with van der Waals surface area (Å²) in [7, 11) is 0. The molecule has 0 saturated carbocycles. The van der Waals surface area contributed by atoms with Crippen LogP contribution in [0.3, 0.4) is 0 Å². The van der Waals surface area contributed by atoms with Gasteiger partial charge in [0, 0.05) is 11.8 Å². The topological polar surface area (TPSA) is 75.4 Å². The Morgan fingerprint density at radius 2 is 2.29 bits per heavy atom. The number of phenols is 1. The van der Waals surface area contributed by atoms with Crippen LogP contribution in [0.25, 0.3) is 0 Å². The molecule has 4 nitrogen and oxygen atoms in total. The number of nitrogens with one attached hydrogen (secondary N) is 1. The standard InChI is InChI=1S/C12H18N2O2S/c1-8-3-4-9(7-11(8)15)14-12(16)10(13)5-6-17-2/h3-4,7,10,15H,5-6,13H2,1-2H3,(H,14,16)/t10-/m1/s1. The first-order chi connectivity index (χ1) is 8.04. The molecule has 0 spiro atoms. The highest BCUT2D eigenvalue weighted by atomic mass is 32.2. The van der Waals surface area contributed by atoms with Gasteiger partial charge in [-0.1, -0.05) is 6.07 Å². The number of carbonyl (C=O) groups is 1. The van der Waals surface area contributed by atoms with E-state index < -0.39 is 6.04 Å². The van der Waals surface area contributed by atoms with E-state index >= 15 is 0 Å². The molecule has 0 heterocycles. The molecule has 0 aromatic heterocycles. The van der Waals surface area contributed by atoms with Gasteiger partial charge in [-0.05, 0) is 37.0 Å². The number of hydrogen-bond donors (Lipinski definition) is 3. The van der Waals surface area contributed by atoms with Gasteiger partial charge < -0.3 is 16.2 Å². The first-order valence-electron chi connectivity index (χ1n) is 5.39. The first kappa shape index (κ1) is 13.9. The highest BCUT2D eigenvalue weighted by Gasteiger charge is 2.13. The van der Waals surface area contributed by atoms with Crippen LogP contribution in [0.4, 0.5) is 5.69 Å². The van der Waals surface area contributed by atoms with Crippen molar-refractivity contribution in [2.75, 3.05) is 17.3 Å². The van der Waals surface area contributed by atoms with E-state index in [1.54, 1.807) is 30.8 Å². The lowest BCUT2D eigenvalue weighted by atomic mass is 10.2. The predicted octanol–water partition coefficient (Wildman–Crippen LogP) is 1.72. The zero-order chi connectivity index (χ0) is 12.8. The van der Waals surface area contributed by atoms with Gasteiger partial charge in [-0.2, -0.15) is 11.8 Å². The van der Waals surface area contributed by atoms with Gasteiger partial charge in [0.15, 0.2) is 0 Å². The molecule has 0 aliphatic carbocycles. The quantitative estimate of drug-likeness (QED) is 0.748. The SMILES string of the molecule is CSCC[C@@H](N)C(=O)Nc1ccc(C)c(O)c1. The summed E-state index contributed by atoms with van der Waals surface area (Å²) >= 11 is 1.66. The van der Waals surface area contributed by atoms with Crippen LogP contribution in [0.5, 0.6) is 5.75 Å². The fourth-order valence-electron chi connectivity index (χ4n) is 1.30. The lowest BCUT2D eigenvalue weighted by molar-refractivity contribution is -0.117. The summed E-state index contributed by atoms with van der Waals surface area (Å²) in [4.78, 5) is 11.7. The van der Waals surface area contributed by atoms with E-state index in [4.69, 9.17) is 5.73 Å². The van der Waals surface area contributed by atoms with Gasteiger partial charge in [-0.25, -0.2) is 0 Å². The number of carbonyl (C=O) groups excluding carboxylic acids is 1. The predicted molar refractivity (Wildman–Crippen MR) is 72.4 cm³/mol. The minimum atomic E-state index is -0.508. The third-order valence-corrected chi connectivity index (χ3v) is 3.09. The number of phenolic OH excluding ortho intramolecular Hbond substituents is 1. The van der Waals surface area contributed by atoms with E-state index in [9.17, 15) is 9.90 Å². The van der Waals surface area contributed by atoms with Crippen molar-refractivity contribution in [1.82, 2.24) is 0 Å². The molecule has 1 rings (SSSR count). The number of rotatable bonds is 5. The molecule has 0 aliphatic heterocycles. The molecule has 0 bridgehead atoms. The van der Waals surface area contributed by atoms with Crippen LogP contribution in [0, 0.1) is 6.92 Å². The Labute approximate surface area is 106 Å². The van der Waals surface area contributed by atoms with Crippen molar-refractivity contribution >= 4 is 23.4 Å². The van der Waals surface area contributed by atoms with Crippen LogP contribution in [0.2, 0.25) is 0 Å². The summed E-state index contributed by atoms with van der Waals surface area (Å²) in [5, 5.41) is 12.2. The second-order valence-corrected chi connectivity index (χ2v) is 4.86. The van der Waals surface area contributed by atoms with Crippen LogP contribution in [0.15, 0.2) is 18.2 Å². The summed E-state index contributed by atoms with van der Waals surface area (Å²) in [5.41, 5.74) is 7.07. The van der Waals surface area contributed by atoms with Crippen LogP contribution in [0.1, 0.15) is 12.0 Å². The number of nitrogens with two attached hydrogens (primary N) is 1. The lowest BCUT2D eigenvalue weighted by Gasteiger charge is -2.12. The molecule has 94 valence electrons. The van der Waals surface area contributed by atoms with Crippen LogP contribution in [-0.2, 0) is 4.79 Å². The third kappa shape index (κ3) is 4.28. The zero-order valence-corrected chi connectivity index (χ0v) is 10.9. The minimum absolute atomic E-state index is 0.167. The summed E-state index contributed by atoms with van der Waals surface area (Å²) in [6.45, 7) is 1.80. The number of anilines is 1. The molecule has 1 aromatic carbocycles. The highest BCUT2D eigenvalue weighted by Crippen LogP contribution is 2.20. The molecule has 0 fully saturated rings. The van der Waals surface area contributed by atoms with Gasteiger partial charge in [-0.15, -0.1) is 0 Å². The van der Waals surface area contributed by atoms with E-state index in [1.165, 1.54) is 6.07 Å². The maximum atomic E-state index is 11.7. The molecule has 5 heteroatoms. The fraction of sp³-hybridized carbons (Fsp3) is 0.417. The van der Waals surface area contributed by atoms with Gasteiger partial charge in [0.1, 0.15) is 5.75 Å².